The highest BCUT2D eigenvalue weighted by Crippen LogP contribution is 2.15. The Morgan fingerprint density at radius 1 is 1.50 bits per heavy atom. The standard InChI is InChI=1S/C12H15N3O5/c1-19-9-4-2-8(3-5-9)6-15-7-10(13-11(15)16)20-12(17)14-18/h2-5,10,18H,6-7H2,1H3,(H,13,16)(H,14,17)/t10-/m1/s1. The molecule has 0 saturated carbocycles. The van der Waals surface area contributed by atoms with Gasteiger partial charge >= 0.3 is 12.1 Å². The van der Waals surface area contributed by atoms with Gasteiger partial charge in [0.05, 0.1) is 13.7 Å². The zero-order valence-corrected chi connectivity index (χ0v) is 10.8. The molecule has 0 spiro atoms. The average Bonchev–Trinajstić information content (AvgIpc) is 2.79. The molecule has 8 heteroatoms. The number of hydrogen-bond acceptors (Lipinski definition) is 5. The summed E-state index contributed by atoms with van der Waals surface area (Å²) in [4.78, 5) is 24.0. The first-order valence-electron chi connectivity index (χ1n) is 5.91. The molecule has 1 aromatic carbocycles. The van der Waals surface area contributed by atoms with Crippen LogP contribution in [0.3, 0.4) is 0 Å². The summed E-state index contributed by atoms with van der Waals surface area (Å²) in [6.45, 7) is 0.592. The Balaban J connectivity index is 1.92. The summed E-state index contributed by atoms with van der Waals surface area (Å²) in [5.41, 5.74) is 2.26. The molecule has 0 aromatic heterocycles. The van der Waals surface area contributed by atoms with Crippen LogP contribution in [0, 0.1) is 0 Å². The first kappa shape index (κ1) is 13.9. The van der Waals surface area contributed by atoms with Crippen LogP contribution in [0.25, 0.3) is 0 Å². The lowest BCUT2D eigenvalue weighted by Crippen LogP contribution is -2.34. The lowest BCUT2D eigenvalue weighted by molar-refractivity contribution is 0.0524. The zero-order valence-electron chi connectivity index (χ0n) is 10.8. The van der Waals surface area contributed by atoms with Crippen molar-refractivity contribution in [1.29, 1.82) is 0 Å². The normalized spacial score (nSPS) is 17.6. The first-order valence-corrected chi connectivity index (χ1v) is 5.91. The monoisotopic (exact) mass is 281 g/mol. The third-order valence-electron chi connectivity index (χ3n) is 2.83. The van der Waals surface area contributed by atoms with Gasteiger partial charge in [-0.15, -0.1) is 0 Å². The highest BCUT2D eigenvalue weighted by atomic mass is 16.6. The molecule has 0 bridgehead atoms. The van der Waals surface area contributed by atoms with Crippen LogP contribution in [0.1, 0.15) is 5.56 Å². The molecular formula is C12H15N3O5. The van der Waals surface area contributed by atoms with Crippen LogP contribution in [0.15, 0.2) is 24.3 Å². The van der Waals surface area contributed by atoms with E-state index >= 15 is 0 Å². The third-order valence-corrected chi connectivity index (χ3v) is 2.83. The lowest BCUT2D eigenvalue weighted by atomic mass is 10.2. The minimum absolute atomic E-state index is 0.207. The third kappa shape index (κ3) is 3.29. The molecule has 1 fully saturated rings. The second-order valence-electron chi connectivity index (χ2n) is 4.18. The Morgan fingerprint density at radius 2 is 2.20 bits per heavy atom. The highest BCUT2D eigenvalue weighted by Gasteiger charge is 2.31. The summed E-state index contributed by atoms with van der Waals surface area (Å²) < 4.78 is 9.79. The second kappa shape index (κ2) is 6.11. The van der Waals surface area contributed by atoms with Gasteiger partial charge < -0.3 is 19.7 Å². The van der Waals surface area contributed by atoms with E-state index in [9.17, 15) is 9.59 Å². The van der Waals surface area contributed by atoms with Gasteiger partial charge in [-0.1, -0.05) is 12.1 Å². The molecule has 8 nitrogen and oxygen atoms in total. The molecule has 108 valence electrons. The molecule has 0 radical (unpaired) electrons. The number of nitrogens with one attached hydrogen (secondary N) is 2. The van der Waals surface area contributed by atoms with Crippen molar-refractivity contribution in [3.63, 3.8) is 0 Å². The summed E-state index contributed by atoms with van der Waals surface area (Å²) in [6.07, 6.45) is -1.80. The number of nitrogens with zero attached hydrogens (tertiary/aromatic N) is 1. The molecule has 2 rings (SSSR count). The molecule has 1 atom stereocenters. The molecule has 3 N–H and O–H groups in total. The molecule has 1 aliphatic rings. The van der Waals surface area contributed by atoms with Crippen molar-refractivity contribution in [1.82, 2.24) is 15.7 Å². The van der Waals surface area contributed by atoms with Crippen LogP contribution in [0.5, 0.6) is 5.75 Å². The summed E-state index contributed by atoms with van der Waals surface area (Å²) in [7, 11) is 1.58. The van der Waals surface area contributed by atoms with Gasteiger partial charge in [-0.3, -0.25) is 5.21 Å². The fourth-order valence-electron chi connectivity index (χ4n) is 1.87. The van der Waals surface area contributed by atoms with E-state index in [4.69, 9.17) is 14.7 Å². The van der Waals surface area contributed by atoms with Crippen molar-refractivity contribution in [2.45, 2.75) is 12.8 Å². The molecule has 1 aromatic rings. The minimum Gasteiger partial charge on any atom is -0.497 e. The van der Waals surface area contributed by atoms with Crippen molar-refractivity contribution in [3.05, 3.63) is 29.8 Å². The van der Waals surface area contributed by atoms with E-state index in [1.807, 2.05) is 12.1 Å². The Hall–Kier alpha value is -2.48. The first-order chi connectivity index (χ1) is 9.62. The van der Waals surface area contributed by atoms with Crippen molar-refractivity contribution in [3.8, 4) is 5.75 Å². The van der Waals surface area contributed by atoms with Crippen LogP contribution < -0.4 is 15.5 Å². The largest absolute Gasteiger partial charge is 0.497 e. The fraction of sp³-hybridized carbons (Fsp3) is 0.333. The molecule has 0 unspecified atom stereocenters. The quantitative estimate of drug-likeness (QED) is 0.556. The van der Waals surface area contributed by atoms with E-state index in [-0.39, 0.29) is 12.6 Å². The number of ether oxygens (including phenoxy) is 2. The van der Waals surface area contributed by atoms with E-state index in [2.05, 4.69) is 5.32 Å². The topological polar surface area (TPSA) is 100 Å². The molecule has 1 aliphatic heterocycles. The summed E-state index contributed by atoms with van der Waals surface area (Å²) in [6, 6.07) is 6.96. The van der Waals surface area contributed by atoms with Crippen molar-refractivity contribution in [2.75, 3.05) is 13.7 Å². The fourth-order valence-corrected chi connectivity index (χ4v) is 1.87. The number of amides is 3. The zero-order chi connectivity index (χ0) is 14.5. The van der Waals surface area contributed by atoms with E-state index < -0.39 is 12.3 Å². The van der Waals surface area contributed by atoms with Gasteiger partial charge in [0.25, 0.3) is 0 Å². The maximum absolute atomic E-state index is 11.7. The lowest BCUT2D eigenvalue weighted by Gasteiger charge is -2.14. The summed E-state index contributed by atoms with van der Waals surface area (Å²) >= 11 is 0. The number of rotatable bonds is 4. The predicted molar refractivity (Wildman–Crippen MR) is 67.1 cm³/mol. The van der Waals surface area contributed by atoms with Gasteiger partial charge in [0, 0.05) is 6.54 Å². The van der Waals surface area contributed by atoms with Gasteiger partial charge in [0.2, 0.25) is 0 Å². The number of carbonyl (C=O) groups is 2. The van der Waals surface area contributed by atoms with Crippen LogP contribution in [-0.2, 0) is 11.3 Å². The Morgan fingerprint density at radius 3 is 2.80 bits per heavy atom. The maximum Gasteiger partial charge on any atom is 0.433 e. The number of urea groups is 1. The van der Waals surface area contributed by atoms with Crippen LogP contribution in [-0.4, -0.2) is 42.1 Å². The minimum atomic E-state index is -1.01. The van der Waals surface area contributed by atoms with E-state index in [0.717, 1.165) is 11.3 Å². The molecule has 1 heterocycles. The van der Waals surface area contributed by atoms with Crippen molar-refractivity contribution >= 4 is 12.1 Å². The van der Waals surface area contributed by atoms with Crippen molar-refractivity contribution in [2.24, 2.45) is 0 Å². The number of benzene rings is 1. The molecule has 3 amide bonds. The molecule has 0 aliphatic carbocycles. The van der Waals surface area contributed by atoms with Crippen LogP contribution >= 0.6 is 0 Å². The SMILES string of the molecule is COc1ccc(CN2C[C@@H](OC(=O)NO)NC2=O)cc1. The highest BCUT2D eigenvalue weighted by molar-refractivity contribution is 5.77. The van der Waals surface area contributed by atoms with Gasteiger partial charge in [-0.25, -0.2) is 15.1 Å². The molecule has 1 saturated heterocycles. The molecular weight excluding hydrogens is 266 g/mol. The second-order valence-corrected chi connectivity index (χ2v) is 4.18. The Kier molecular flexibility index (Phi) is 4.26. The van der Waals surface area contributed by atoms with Crippen LogP contribution in [0.2, 0.25) is 0 Å². The summed E-state index contributed by atoms with van der Waals surface area (Å²) in [5.74, 6) is 0.737. The van der Waals surface area contributed by atoms with E-state index in [0.29, 0.717) is 6.54 Å². The predicted octanol–water partition coefficient (Wildman–Crippen LogP) is 0.662. The van der Waals surface area contributed by atoms with Crippen LogP contribution in [0.4, 0.5) is 9.59 Å². The number of hydrogen-bond donors (Lipinski definition) is 3. The van der Waals surface area contributed by atoms with E-state index in [1.54, 1.807) is 19.2 Å². The summed E-state index contributed by atoms with van der Waals surface area (Å²) in [5, 5.41) is 10.8. The number of hydroxylamine groups is 1. The molecule has 20 heavy (non-hydrogen) atoms. The average molecular weight is 281 g/mol. The smallest absolute Gasteiger partial charge is 0.433 e. The van der Waals surface area contributed by atoms with Gasteiger partial charge in [0.1, 0.15) is 5.75 Å². The maximum atomic E-state index is 11.7. The van der Waals surface area contributed by atoms with Gasteiger partial charge in [0.15, 0.2) is 6.23 Å². The number of methoxy groups -OCH3 is 1. The number of carbonyl (C=O) groups excluding carboxylic acids is 2. The van der Waals surface area contributed by atoms with Gasteiger partial charge in [-0.2, -0.15) is 0 Å². The van der Waals surface area contributed by atoms with Crippen molar-refractivity contribution < 1.29 is 24.3 Å². The Bertz CT molecular complexity index is 490. The van der Waals surface area contributed by atoms with Gasteiger partial charge in [-0.05, 0) is 17.7 Å². The Labute approximate surface area is 115 Å². The van der Waals surface area contributed by atoms with E-state index in [1.165, 1.54) is 10.4 Å².